The number of hydrogen-bond acceptors (Lipinski definition) is 4. The van der Waals surface area contributed by atoms with Crippen molar-refractivity contribution in [3.63, 3.8) is 0 Å². The van der Waals surface area contributed by atoms with E-state index in [1.807, 2.05) is 19.1 Å². The molecule has 18 heavy (non-hydrogen) atoms. The fraction of sp³-hybridized carbons (Fsp3) is 0.571. The average molecular weight is 251 g/mol. The maximum absolute atomic E-state index is 9.75. The first kappa shape index (κ1) is 13.3. The predicted octanol–water partition coefficient (Wildman–Crippen LogP) is 1.60. The zero-order valence-corrected chi connectivity index (χ0v) is 11.0. The van der Waals surface area contributed by atoms with E-state index in [2.05, 4.69) is 5.32 Å². The fourth-order valence-electron chi connectivity index (χ4n) is 2.24. The fourth-order valence-corrected chi connectivity index (χ4v) is 2.24. The lowest BCUT2D eigenvalue weighted by Crippen LogP contribution is -2.42. The van der Waals surface area contributed by atoms with Gasteiger partial charge >= 0.3 is 0 Å². The van der Waals surface area contributed by atoms with Gasteiger partial charge in [0, 0.05) is 38.8 Å². The van der Waals surface area contributed by atoms with Gasteiger partial charge < -0.3 is 19.9 Å². The Morgan fingerprint density at radius 1 is 1.50 bits per heavy atom. The molecule has 1 saturated heterocycles. The molecule has 0 radical (unpaired) electrons. The number of nitrogens with one attached hydrogen (secondary N) is 1. The molecule has 1 aliphatic heterocycles. The smallest absolute Gasteiger partial charge is 0.120 e. The zero-order valence-electron chi connectivity index (χ0n) is 11.0. The van der Waals surface area contributed by atoms with Crippen molar-refractivity contribution >= 4 is 0 Å². The Balaban J connectivity index is 1.89. The van der Waals surface area contributed by atoms with Gasteiger partial charge in [0.15, 0.2) is 0 Å². The molecule has 0 spiro atoms. The minimum absolute atomic E-state index is 0.209. The van der Waals surface area contributed by atoms with Gasteiger partial charge in [0.1, 0.15) is 11.4 Å². The molecule has 2 rings (SSSR count). The summed E-state index contributed by atoms with van der Waals surface area (Å²) in [5, 5.41) is 13.1. The zero-order chi connectivity index (χ0) is 13.0. The first-order valence-electron chi connectivity index (χ1n) is 6.27. The van der Waals surface area contributed by atoms with Crippen LogP contribution in [0.15, 0.2) is 18.2 Å². The van der Waals surface area contributed by atoms with Crippen LogP contribution in [0.25, 0.3) is 0 Å². The largest absolute Gasteiger partial charge is 0.508 e. The third kappa shape index (κ3) is 3.02. The Hall–Kier alpha value is -1.10. The highest BCUT2D eigenvalue weighted by Gasteiger charge is 2.34. The summed E-state index contributed by atoms with van der Waals surface area (Å²) in [5.41, 5.74) is 1.86. The van der Waals surface area contributed by atoms with Crippen LogP contribution >= 0.6 is 0 Å². The van der Waals surface area contributed by atoms with Crippen molar-refractivity contribution in [2.24, 2.45) is 0 Å². The first-order valence-corrected chi connectivity index (χ1v) is 6.27. The summed E-state index contributed by atoms with van der Waals surface area (Å²) >= 11 is 0. The van der Waals surface area contributed by atoms with E-state index < -0.39 is 0 Å². The maximum atomic E-state index is 9.75. The van der Waals surface area contributed by atoms with Crippen LogP contribution in [0.3, 0.4) is 0 Å². The van der Waals surface area contributed by atoms with Crippen LogP contribution < -0.4 is 5.32 Å². The van der Waals surface area contributed by atoms with Gasteiger partial charge in [0.25, 0.3) is 0 Å². The van der Waals surface area contributed by atoms with Gasteiger partial charge in [0.2, 0.25) is 0 Å². The number of hydrogen-bond donors (Lipinski definition) is 2. The highest BCUT2D eigenvalue weighted by atomic mass is 16.5. The Kier molecular flexibility index (Phi) is 4.22. The van der Waals surface area contributed by atoms with Crippen LogP contribution in [0, 0.1) is 6.92 Å². The van der Waals surface area contributed by atoms with Gasteiger partial charge in [-0.05, 0) is 13.0 Å². The Bertz CT molecular complexity index is 400. The van der Waals surface area contributed by atoms with Crippen molar-refractivity contribution in [3.8, 4) is 5.75 Å². The molecule has 1 heterocycles. The molecule has 100 valence electrons. The van der Waals surface area contributed by atoms with Gasteiger partial charge in [0.05, 0.1) is 6.61 Å². The van der Waals surface area contributed by atoms with Gasteiger partial charge in [-0.1, -0.05) is 17.7 Å². The van der Waals surface area contributed by atoms with E-state index in [1.54, 1.807) is 13.2 Å². The monoisotopic (exact) mass is 251 g/mol. The van der Waals surface area contributed by atoms with Crippen LogP contribution in [0.2, 0.25) is 0 Å². The summed E-state index contributed by atoms with van der Waals surface area (Å²) in [7, 11) is 1.72. The van der Waals surface area contributed by atoms with E-state index in [9.17, 15) is 5.11 Å². The lowest BCUT2D eigenvalue weighted by molar-refractivity contribution is -0.0159. The third-order valence-corrected chi connectivity index (χ3v) is 3.50. The van der Waals surface area contributed by atoms with E-state index in [0.717, 1.165) is 30.7 Å². The van der Waals surface area contributed by atoms with Crippen molar-refractivity contribution in [2.45, 2.75) is 25.5 Å². The summed E-state index contributed by atoms with van der Waals surface area (Å²) in [4.78, 5) is 0. The van der Waals surface area contributed by atoms with Gasteiger partial charge in [-0.2, -0.15) is 0 Å². The van der Waals surface area contributed by atoms with E-state index in [1.165, 1.54) is 0 Å². The molecule has 1 unspecified atom stereocenters. The van der Waals surface area contributed by atoms with Crippen molar-refractivity contribution in [1.29, 1.82) is 0 Å². The van der Waals surface area contributed by atoms with Crippen LogP contribution in [-0.4, -0.2) is 37.6 Å². The molecular weight excluding hydrogens is 230 g/mol. The van der Waals surface area contributed by atoms with Crippen LogP contribution in [0.1, 0.15) is 17.5 Å². The molecule has 4 heteroatoms. The molecular formula is C14H21NO3. The summed E-state index contributed by atoms with van der Waals surface area (Å²) in [5.74, 6) is 0.335. The second kappa shape index (κ2) is 5.69. The molecule has 0 bridgehead atoms. The molecule has 1 aliphatic rings. The Morgan fingerprint density at radius 2 is 2.33 bits per heavy atom. The number of phenolic OH excluding ortho intramolecular Hbond substituents is 1. The van der Waals surface area contributed by atoms with Gasteiger partial charge in [-0.3, -0.25) is 0 Å². The number of phenols is 1. The molecule has 1 aromatic carbocycles. The van der Waals surface area contributed by atoms with Crippen molar-refractivity contribution < 1.29 is 14.6 Å². The van der Waals surface area contributed by atoms with E-state index in [-0.39, 0.29) is 5.60 Å². The molecule has 1 aromatic rings. The lowest BCUT2D eigenvalue weighted by Gasteiger charge is -2.26. The van der Waals surface area contributed by atoms with Gasteiger partial charge in [-0.15, -0.1) is 0 Å². The topological polar surface area (TPSA) is 50.7 Å². The van der Waals surface area contributed by atoms with Crippen LogP contribution in [-0.2, 0) is 16.0 Å². The molecule has 0 saturated carbocycles. The maximum Gasteiger partial charge on any atom is 0.120 e. The quantitative estimate of drug-likeness (QED) is 0.834. The van der Waals surface area contributed by atoms with E-state index in [4.69, 9.17) is 9.47 Å². The lowest BCUT2D eigenvalue weighted by atomic mass is 10.0. The normalized spacial score (nSPS) is 23.4. The number of ether oxygens (including phenoxy) is 2. The highest BCUT2D eigenvalue weighted by Crippen LogP contribution is 2.22. The van der Waals surface area contributed by atoms with Crippen molar-refractivity contribution in [2.75, 3.05) is 26.9 Å². The van der Waals surface area contributed by atoms with E-state index >= 15 is 0 Å². The Morgan fingerprint density at radius 3 is 3.00 bits per heavy atom. The van der Waals surface area contributed by atoms with Crippen molar-refractivity contribution in [1.82, 2.24) is 5.32 Å². The molecule has 0 aliphatic carbocycles. The molecule has 4 nitrogen and oxygen atoms in total. The second-order valence-corrected chi connectivity index (χ2v) is 4.93. The summed E-state index contributed by atoms with van der Waals surface area (Å²) in [6.45, 7) is 4.78. The summed E-state index contributed by atoms with van der Waals surface area (Å²) < 4.78 is 10.9. The first-order chi connectivity index (χ1) is 8.65. The SMILES string of the molecule is COC1(CNCc2cc(C)ccc2O)CCOC1. The van der Waals surface area contributed by atoms with Gasteiger partial charge in [-0.25, -0.2) is 0 Å². The minimum atomic E-state index is -0.209. The Labute approximate surface area is 108 Å². The number of aryl methyl sites for hydroxylation is 1. The summed E-state index contributed by atoms with van der Waals surface area (Å²) in [6.07, 6.45) is 0.913. The van der Waals surface area contributed by atoms with Crippen molar-refractivity contribution in [3.05, 3.63) is 29.3 Å². The molecule has 0 amide bonds. The minimum Gasteiger partial charge on any atom is -0.508 e. The standard InChI is InChI=1S/C14H21NO3/c1-11-3-4-13(16)12(7-11)8-15-9-14(17-2)5-6-18-10-14/h3-4,7,15-16H,5-6,8-10H2,1-2H3. The molecule has 2 N–H and O–H groups in total. The predicted molar refractivity (Wildman–Crippen MR) is 69.7 cm³/mol. The highest BCUT2D eigenvalue weighted by molar-refractivity contribution is 5.35. The molecule has 0 aromatic heterocycles. The molecule has 1 atom stereocenters. The third-order valence-electron chi connectivity index (χ3n) is 3.50. The van der Waals surface area contributed by atoms with Crippen LogP contribution in [0.4, 0.5) is 0 Å². The van der Waals surface area contributed by atoms with Crippen LogP contribution in [0.5, 0.6) is 5.75 Å². The second-order valence-electron chi connectivity index (χ2n) is 4.93. The number of benzene rings is 1. The van der Waals surface area contributed by atoms with E-state index in [0.29, 0.717) is 18.9 Å². The number of rotatable bonds is 5. The number of methoxy groups -OCH3 is 1. The average Bonchev–Trinajstić information content (AvgIpc) is 2.83. The number of aromatic hydroxyl groups is 1. The molecule has 1 fully saturated rings. The summed E-state index contributed by atoms with van der Waals surface area (Å²) in [6, 6.07) is 5.63.